The summed E-state index contributed by atoms with van der Waals surface area (Å²) >= 11 is 0. The van der Waals surface area contributed by atoms with Crippen LogP contribution in [0.4, 0.5) is 24.5 Å². The van der Waals surface area contributed by atoms with Crippen LogP contribution in [0, 0.1) is 29.1 Å². The van der Waals surface area contributed by atoms with Crippen LogP contribution in [0.3, 0.4) is 0 Å². The van der Waals surface area contributed by atoms with Crippen LogP contribution < -0.4 is 15.5 Å². The van der Waals surface area contributed by atoms with Gasteiger partial charge in [-0.3, -0.25) is 34.2 Å². The van der Waals surface area contributed by atoms with Gasteiger partial charge in [0.05, 0.1) is 39.8 Å². The van der Waals surface area contributed by atoms with Gasteiger partial charge in [-0.25, -0.2) is 4.68 Å². The zero-order valence-electron chi connectivity index (χ0n) is 27.7. The average molecular weight is 708 g/mol. The number of nitriles is 1. The standard InChI is InChI=1S/C37H28F3N7O5/c1-36(2,35(52)42-22-9-8-21(17-41)27(15-22)37(38,39)40)47-29-6-4-3-5-25(29)28(44-47)12-7-20-18-45(19-20)23-10-11-24-26(16-23)34(51)46(33(24)50)30-13-14-31(48)43-32(30)49/h3-6,8-11,15-16,20,30H,13-14,18-19H2,1-2H3,(H,42,52)(H,43,48,49). The van der Waals surface area contributed by atoms with E-state index < -0.39 is 58.4 Å². The highest BCUT2D eigenvalue weighted by atomic mass is 19.4. The molecule has 2 N–H and O–H groups in total. The van der Waals surface area contributed by atoms with Crippen molar-refractivity contribution in [2.75, 3.05) is 23.3 Å². The molecule has 2 fully saturated rings. The zero-order valence-corrected chi connectivity index (χ0v) is 27.7. The molecule has 2 saturated heterocycles. The summed E-state index contributed by atoms with van der Waals surface area (Å²) in [6.45, 7) is 4.19. The molecule has 1 unspecified atom stereocenters. The number of anilines is 2. The molecule has 1 atom stereocenters. The molecule has 3 aromatic carbocycles. The number of amides is 5. The summed E-state index contributed by atoms with van der Waals surface area (Å²) < 4.78 is 42.1. The Balaban J connectivity index is 1.06. The molecule has 5 amide bonds. The lowest BCUT2D eigenvalue weighted by molar-refractivity contribution is -0.138. The fraction of sp³-hybridized carbons (Fsp3) is 0.270. The van der Waals surface area contributed by atoms with E-state index in [1.807, 2.05) is 4.90 Å². The van der Waals surface area contributed by atoms with Crippen molar-refractivity contribution in [2.24, 2.45) is 5.92 Å². The summed E-state index contributed by atoms with van der Waals surface area (Å²) in [5.41, 5.74) is -1.14. The molecular formula is C37H28F3N7O5. The van der Waals surface area contributed by atoms with E-state index in [4.69, 9.17) is 5.26 Å². The van der Waals surface area contributed by atoms with Gasteiger partial charge in [0.2, 0.25) is 11.8 Å². The van der Waals surface area contributed by atoms with E-state index in [2.05, 4.69) is 27.6 Å². The minimum absolute atomic E-state index is 0.0311. The molecule has 0 bridgehead atoms. The minimum Gasteiger partial charge on any atom is -0.369 e. The lowest BCUT2D eigenvalue weighted by Gasteiger charge is -2.38. The predicted octanol–water partition coefficient (Wildman–Crippen LogP) is 4.19. The summed E-state index contributed by atoms with van der Waals surface area (Å²) in [4.78, 5) is 66.6. The molecule has 15 heteroatoms. The molecule has 1 aromatic heterocycles. The van der Waals surface area contributed by atoms with E-state index in [0.717, 1.165) is 17.0 Å². The Kier molecular flexibility index (Phi) is 8.09. The van der Waals surface area contributed by atoms with Gasteiger partial charge in [0.15, 0.2) is 0 Å². The number of para-hydroxylation sites is 1. The Bertz CT molecular complexity index is 2340. The molecule has 4 aromatic rings. The van der Waals surface area contributed by atoms with Gasteiger partial charge in [-0.1, -0.05) is 18.1 Å². The first-order valence-corrected chi connectivity index (χ1v) is 16.2. The molecule has 0 spiro atoms. The van der Waals surface area contributed by atoms with Gasteiger partial charge in [0.1, 0.15) is 17.3 Å². The maximum Gasteiger partial charge on any atom is 0.417 e. The van der Waals surface area contributed by atoms with E-state index in [1.54, 1.807) is 56.3 Å². The lowest BCUT2D eigenvalue weighted by atomic mass is 9.98. The largest absolute Gasteiger partial charge is 0.417 e. The number of carbonyl (C=O) groups is 5. The average Bonchev–Trinajstić information content (AvgIpc) is 3.58. The normalized spacial score (nSPS) is 17.7. The van der Waals surface area contributed by atoms with Crippen molar-refractivity contribution in [3.8, 4) is 17.9 Å². The Hall–Kier alpha value is -6.48. The molecule has 3 aliphatic rings. The number of rotatable bonds is 5. The van der Waals surface area contributed by atoms with Gasteiger partial charge in [-0.15, -0.1) is 0 Å². The summed E-state index contributed by atoms with van der Waals surface area (Å²) in [6, 6.07) is 15.5. The second-order valence-electron chi connectivity index (χ2n) is 13.2. The quantitative estimate of drug-likeness (QED) is 0.231. The number of hydrogen-bond donors (Lipinski definition) is 2. The summed E-state index contributed by atoms with van der Waals surface area (Å²) in [6.07, 6.45) is -4.69. The van der Waals surface area contributed by atoms with Crippen LogP contribution in [0.2, 0.25) is 0 Å². The predicted molar refractivity (Wildman–Crippen MR) is 180 cm³/mol. The fourth-order valence-electron chi connectivity index (χ4n) is 6.53. The van der Waals surface area contributed by atoms with E-state index in [1.165, 1.54) is 16.8 Å². The molecule has 262 valence electrons. The maximum atomic E-state index is 13.5. The van der Waals surface area contributed by atoms with Gasteiger partial charge in [0.25, 0.3) is 17.7 Å². The van der Waals surface area contributed by atoms with Gasteiger partial charge >= 0.3 is 6.18 Å². The Morgan fingerprint density at radius 1 is 0.981 bits per heavy atom. The Labute approximate surface area is 294 Å². The second kappa shape index (κ2) is 12.4. The topological polar surface area (TPSA) is 158 Å². The summed E-state index contributed by atoms with van der Waals surface area (Å²) in [5, 5.41) is 19.1. The Morgan fingerprint density at radius 2 is 1.71 bits per heavy atom. The summed E-state index contributed by atoms with van der Waals surface area (Å²) in [7, 11) is 0. The lowest BCUT2D eigenvalue weighted by Crippen LogP contribution is -2.54. The number of nitrogens with one attached hydrogen (secondary N) is 2. The first-order chi connectivity index (χ1) is 24.7. The van der Waals surface area contributed by atoms with Crippen LogP contribution in [0.5, 0.6) is 0 Å². The van der Waals surface area contributed by atoms with Crippen molar-refractivity contribution in [3.05, 3.63) is 88.6 Å². The van der Waals surface area contributed by atoms with E-state index >= 15 is 0 Å². The molecule has 4 heterocycles. The SMILES string of the molecule is CC(C)(C(=O)Nc1ccc(C#N)c(C(F)(F)F)c1)n1nc(C#CC2CN(c3ccc4c(c3)C(=O)N(C3CCC(=O)NC3=O)C4=O)C2)c2ccccc21. The van der Waals surface area contributed by atoms with Gasteiger partial charge in [-0.05, 0) is 74.7 Å². The van der Waals surface area contributed by atoms with Crippen LogP contribution in [0.15, 0.2) is 60.7 Å². The third kappa shape index (κ3) is 5.80. The third-order valence-electron chi connectivity index (χ3n) is 9.44. The number of hydrogen-bond acceptors (Lipinski definition) is 8. The van der Waals surface area contributed by atoms with Crippen molar-refractivity contribution in [1.82, 2.24) is 20.0 Å². The van der Waals surface area contributed by atoms with Crippen molar-refractivity contribution in [2.45, 2.75) is 44.4 Å². The molecule has 0 radical (unpaired) electrons. The number of halogens is 3. The van der Waals surface area contributed by atoms with E-state index in [-0.39, 0.29) is 35.6 Å². The molecule has 12 nitrogen and oxygen atoms in total. The number of imide groups is 2. The van der Waals surface area contributed by atoms with Crippen LogP contribution in [0.25, 0.3) is 10.9 Å². The highest BCUT2D eigenvalue weighted by Gasteiger charge is 2.45. The van der Waals surface area contributed by atoms with E-state index in [9.17, 15) is 37.1 Å². The van der Waals surface area contributed by atoms with Crippen molar-refractivity contribution in [3.63, 3.8) is 0 Å². The summed E-state index contributed by atoms with van der Waals surface area (Å²) in [5.74, 6) is 3.33. The van der Waals surface area contributed by atoms with Crippen molar-refractivity contribution >= 4 is 51.8 Å². The highest BCUT2D eigenvalue weighted by molar-refractivity contribution is 6.23. The smallest absolute Gasteiger partial charge is 0.369 e. The third-order valence-corrected chi connectivity index (χ3v) is 9.44. The van der Waals surface area contributed by atoms with Gasteiger partial charge in [-0.2, -0.15) is 23.5 Å². The first kappa shape index (κ1) is 34.0. The number of carbonyl (C=O) groups excluding carboxylic acids is 5. The zero-order chi connectivity index (χ0) is 37.1. The van der Waals surface area contributed by atoms with Crippen LogP contribution in [-0.2, 0) is 26.1 Å². The molecule has 7 rings (SSSR count). The van der Waals surface area contributed by atoms with Crippen LogP contribution in [-0.4, -0.2) is 63.3 Å². The number of alkyl halides is 3. The maximum absolute atomic E-state index is 13.5. The second-order valence-corrected chi connectivity index (χ2v) is 13.2. The molecule has 0 saturated carbocycles. The first-order valence-electron chi connectivity index (χ1n) is 16.2. The van der Waals surface area contributed by atoms with Crippen molar-refractivity contribution < 1.29 is 37.1 Å². The number of aromatic nitrogens is 2. The molecule has 0 aliphatic carbocycles. The van der Waals surface area contributed by atoms with Gasteiger partial charge in [0, 0.05) is 36.3 Å². The monoisotopic (exact) mass is 707 g/mol. The van der Waals surface area contributed by atoms with Crippen LogP contribution >= 0.6 is 0 Å². The molecular weight excluding hydrogens is 679 g/mol. The van der Waals surface area contributed by atoms with Crippen LogP contribution in [0.1, 0.15) is 64.2 Å². The highest BCUT2D eigenvalue weighted by Crippen LogP contribution is 2.35. The molecule has 52 heavy (non-hydrogen) atoms. The van der Waals surface area contributed by atoms with Gasteiger partial charge < -0.3 is 10.2 Å². The number of nitrogens with zero attached hydrogens (tertiary/aromatic N) is 5. The number of fused-ring (bicyclic) bond motifs is 2. The number of piperidine rings is 1. The van der Waals surface area contributed by atoms with Crippen molar-refractivity contribution in [1.29, 1.82) is 5.26 Å². The number of benzene rings is 3. The van der Waals surface area contributed by atoms with E-state index in [0.29, 0.717) is 35.4 Å². The fourth-order valence-corrected chi connectivity index (χ4v) is 6.53. The Morgan fingerprint density at radius 3 is 2.42 bits per heavy atom. The minimum atomic E-state index is -4.79. The molecule has 3 aliphatic heterocycles.